The molecule has 0 aliphatic carbocycles. The molecule has 0 saturated carbocycles. The zero-order valence-corrected chi connectivity index (χ0v) is 19.8. The van der Waals surface area contributed by atoms with E-state index in [-0.39, 0.29) is 10.7 Å². The molecule has 0 unspecified atom stereocenters. The standard InChI is InChI=1S/C24H33ClN4O3/c1-3-5-6-7-8-9-17-32-18-16-28(4-2)21-12-10-20(11-13-21)26-27-24-15-14-22(29(30)31)19-23(24)25/h10-15,19H,3-9,16-18H2,1-2H3. The van der Waals surface area contributed by atoms with Crippen LogP contribution in [0.3, 0.4) is 0 Å². The highest BCUT2D eigenvalue weighted by Crippen LogP contribution is 2.30. The molecule has 8 heteroatoms. The minimum atomic E-state index is -0.495. The molecule has 2 aromatic carbocycles. The summed E-state index contributed by atoms with van der Waals surface area (Å²) in [7, 11) is 0. The normalized spacial score (nSPS) is 11.2. The number of likely N-dealkylation sites (N-methyl/N-ethyl adjacent to an activating group) is 1. The minimum absolute atomic E-state index is 0.0751. The first-order chi connectivity index (χ1) is 15.5. The smallest absolute Gasteiger partial charge is 0.271 e. The average Bonchev–Trinajstić information content (AvgIpc) is 2.80. The number of nitro groups is 1. The summed E-state index contributed by atoms with van der Waals surface area (Å²) < 4.78 is 5.81. The van der Waals surface area contributed by atoms with Gasteiger partial charge in [-0.3, -0.25) is 10.1 Å². The maximum atomic E-state index is 10.8. The predicted octanol–water partition coefficient (Wildman–Crippen LogP) is 7.87. The van der Waals surface area contributed by atoms with Crippen LogP contribution in [-0.2, 0) is 4.74 Å². The number of hydrogen-bond donors (Lipinski definition) is 0. The highest BCUT2D eigenvalue weighted by Gasteiger charge is 2.09. The maximum absolute atomic E-state index is 10.8. The van der Waals surface area contributed by atoms with Gasteiger partial charge in [-0.25, -0.2) is 0 Å². The first-order valence-electron chi connectivity index (χ1n) is 11.3. The Bertz CT molecular complexity index is 859. The Kier molecular flexibility index (Phi) is 11.7. The van der Waals surface area contributed by atoms with E-state index in [9.17, 15) is 10.1 Å². The van der Waals surface area contributed by atoms with Gasteiger partial charge in [0.05, 0.1) is 22.2 Å². The fourth-order valence-electron chi connectivity index (χ4n) is 3.26. The topological polar surface area (TPSA) is 80.3 Å². The lowest BCUT2D eigenvalue weighted by Gasteiger charge is -2.23. The molecule has 0 aliphatic heterocycles. The lowest BCUT2D eigenvalue weighted by Crippen LogP contribution is -2.27. The summed E-state index contributed by atoms with van der Waals surface area (Å²) in [4.78, 5) is 12.6. The molecule has 0 N–H and O–H groups in total. The van der Waals surface area contributed by atoms with Crippen molar-refractivity contribution in [2.24, 2.45) is 10.2 Å². The van der Waals surface area contributed by atoms with Gasteiger partial charge in [0.25, 0.3) is 5.69 Å². The highest BCUT2D eigenvalue weighted by atomic mass is 35.5. The van der Waals surface area contributed by atoms with Crippen LogP contribution in [0.4, 0.5) is 22.7 Å². The third-order valence-corrected chi connectivity index (χ3v) is 5.46. The van der Waals surface area contributed by atoms with Crippen molar-refractivity contribution in [2.75, 3.05) is 31.2 Å². The molecule has 0 fully saturated rings. The second-order valence-corrected chi connectivity index (χ2v) is 7.98. The van der Waals surface area contributed by atoms with Crippen LogP contribution in [0.15, 0.2) is 52.7 Å². The Labute approximate surface area is 195 Å². The van der Waals surface area contributed by atoms with Crippen molar-refractivity contribution in [1.82, 2.24) is 0 Å². The number of unbranched alkanes of at least 4 members (excludes halogenated alkanes) is 5. The van der Waals surface area contributed by atoms with Gasteiger partial charge in [0, 0.05) is 37.5 Å². The zero-order chi connectivity index (χ0) is 23.2. The minimum Gasteiger partial charge on any atom is -0.380 e. The van der Waals surface area contributed by atoms with E-state index >= 15 is 0 Å². The van der Waals surface area contributed by atoms with Gasteiger partial charge in [-0.05, 0) is 43.7 Å². The fourth-order valence-corrected chi connectivity index (χ4v) is 3.48. The third-order valence-electron chi connectivity index (χ3n) is 5.16. The van der Waals surface area contributed by atoms with Crippen molar-refractivity contribution in [1.29, 1.82) is 0 Å². The van der Waals surface area contributed by atoms with Crippen LogP contribution in [0.1, 0.15) is 52.4 Å². The Balaban J connectivity index is 1.80. The molecule has 0 heterocycles. The van der Waals surface area contributed by atoms with E-state index in [1.165, 1.54) is 50.3 Å². The van der Waals surface area contributed by atoms with Gasteiger partial charge in [0.1, 0.15) is 5.69 Å². The molecule has 0 atom stereocenters. The van der Waals surface area contributed by atoms with Gasteiger partial charge in [0.15, 0.2) is 0 Å². The number of benzene rings is 2. The van der Waals surface area contributed by atoms with E-state index in [1.54, 1.807) is 0 Å². The third kappa shape index (κ3) is 8.93. The van der Waals surface area contributed by atoms with Gasteiger partial charge in [-0.1, -0.05) is 50.6 Å². The molecule has 2 rings (SSSR count). The van der Waals surface area contributed by atoms with Crippen molar-refractivity contribution in [3.63, 3.8) is 0 Å². The van der Waals surface area contributed by atoms with Crippen molar-refractivity contribution in [2.45, 2.75) is 52.4 Å². The molecule has 32 heavy (non-hydrogen) atoms. The lowest BCUT2D eigenvalue weighted by atomic mass is 10.1. The Morgan fingerprint density at radius 3 is 2.34 bits per heavy atom. The van der Waals surface area contributed by atoms with Crippen LogP contribution in [0, 0.1) is 10.1 Å². The number of halogens is 1. The van der Waals surface area contributed by atoms with Gasteiger partial charge >= 0.3 is 0 Å². The molecule has 2 aromatic rings. The summed E-state index contributed by atoms with van der Waals surface area (Å²) in [6.45, 7) is 7.62. The van der Waals surface area contributed by atoms with Crippen molar-refractivity contribution >= 4 is 34.4 Å². The van der Waals surface area contributed by atoms with Crippen LogP contribution >= 0.6 is 11.6 Å². The number of nitrogens with zero attached hydrogens (tertiary/aromatic N) is 4. The SMILES string of the molecule is CCCCCCCCOCCN(CC)c1ccc(N=Nc2ccc([N+](=O)[O-])cc2Cl)cc1. The van der Waals surface area contributed by atoms with Crippen LogP contribution in [0.25, 0.3) is 0 Å². The molecule has 0 spiro atoms. The van der Waals surface area contributed by atoms with E-state index in [0.29, 0.717) is 18.0 Å². The van der Waals surface area contributed by atoms with Crippen molar-refractivity contribution in [3.8, 4) is 0 Å². The summed E-state index contributed by atoms with van der Waals surface area (Å²) in [5.74, 6) is 0. The van der Waals surface area contributed by atoms with E-state index in [1.807, 2.05) is 24.3 Å². The number of nitro benzene ring substituents is 1. The first kappa shape index (κ1) is 25.7. The molecule has 0 radical (unpaired) electrons. The maximum Gasteiger partial charge on any atom is 0.271 e. The average molecular weight is 461 g/mol. The van der Waals surface area contributed by atoms with Crippen molar-refractivity contribution < 1.29 is 9.66 Å². The number of anilines is 1. The second-order valence-electron chi connectivity index (χ2n) is 7.57. The summed E-state index contributed by atoms with van der Waals surface area (Å²) in [6, 6.07) is 11.9. The summed E-state index contributed by atoms with van der Waals surface area (Å²) in [5, 5.41) is 19.3. The van der Waals surface area contributed by atoms with Gasteiger partial charge in [-0.2, -0.15) is 5.11 Å². The molecule has 0 aromatic heterocycles. The van der Waals surface area contributed by atoms with Gasteiger partial charge in [-0.15, -0.1) is 5.11 Å². The van der Waals surface area contributed by atoms with Gasteiger partial charge < -0.3 is 9.64 Å². The fraction of sp³-hybridized carbons (Fsp3) is 0.500. The molecule has 0 bridgehead atoms. The highest BCUT2D eigenvalue weighted by molar-refractivity contribution is 6.33. The van der Waals surface area contributed by atoms with Gasteiger partial charge in [0.2, 0.25) is 0 Å². The molecule has 0 saturated heterocycles. The molecule has 0 aliphatic rings. The number of azo groups is 1. The number of ether oxygens (including phenoxy) is 1. The number of non-ortho nitro benzene ring substituents is 1. The lowest BCUT2D eigenvalue weighted by molar-refractivity contribution is -0.384. The summed E-state index contributed by atoms with van der Waals surface area (Å²) in [5.41, 5.74) is 2.09. The molecule has 174 valence electrons. The van der Waals surface area contributed by atoms with Crippen LogP contribution < -0.4 is 4.90 Å². The molecular formula is C24H33ClN4O3. The van der Waals surface area contributed by atoms with E-state index < -0.39 is 4.92 Å². The predicted molar refractivity (Wildman–Crippen MR) is 131 cm³/mol. The van der Waals surface area contributed by atoms with E-state index in [0.717, 1.165) is 31.8 Å². The Morgan fingerprint density at radius 1 is 0.969 bits per heavy atom. The number of rotatable bonds is 15. The monoisotopic (exact) mass is 460 g/mol. The zero-order valence-electron chi connectivity index (χ0n) is 19.0. The Hall–Kier alpha value is -2.51. The molecule has 0 amide bonds. The van der Waals surface area contributed by atoms with Crippen LogP contribution in [0.2, 0.25) is 5.02 Å². The Morgan fingerprint density at radius 2 is 1.69 bits per heavy atom. The largest absolute Gasteiger partial charge is 0.380 e. The summed E-state index contributed by atoms with van der Waals surface area (Å²) >= 11 is 6.06. The van der Waals surface area contributed by atoms with Crippen LogP contribution in [0.5, 0.6) is 0 Å². The van der Waals surface area contributed by atoms with Crippen molar-refractivity contribution in [3.05, 3.63) is 57.6 Å². The van der Waals surface area contributed by atoms with Crippen LogP contribution in [-0.4, -0.2) is 31.2 Å². The molecular weight excluding hydrogens is 428 g/mol. The van der Waals surface area contributed by atoms with E-state index in [4.69, 9.17) is 16.3 Å². The first-order valence-corrected chi connectivity index (χ1v) is 11.7. The summed E-state index contributed by atoms with van der Waals surface area (Å²) in [6.07, 6.45) is 7.63. The molecule has 7 nitrogen and oxygen atoms in total. The van der Waals surface area contributed by atoms with E-state index in [2.05, 4.69) is 29.0 Å². The number of hydrogen-bond acceptors (Lipinski definition) is 6. The second kappa shape index (κ2) is 14.5. The quantitative estimate of drug-likeness (QED) is 0.117.